The largest absolute Gasteiger partial charge is 0.360 e. The van der Waals surface area contributed by atoms with Crippen molar-refractivity contribution < 1.29 is 4.39 Å². The van der Waals surface area contributed by atoms with Gasteiger partial charge in [0.2, 0.25) is 0 Å². The zero-order valence-corrected chi connectivity index (χ0v) is 13.9. The molecule has 0 bridgehead atoms. The van der Waals surface area contributed by atoms with Crippen molar-refractivity contribution in [2.24, 2.45) is 0 Å². The first-order valence-electron chi connectivity index (χ1n) is 7.28. The van der Waals surface area contributed by atoms with E-state index in [2.05, 4.69) is 43.6 Å². The summed E-state index contributed by atoms with van der Waals surface area (Å²) in [4.78, 5) is 0. The second-order valence-electron chi connectivity index (χ2n) is 7.08. The molecule has 0 aromatic heterocycles. The number of anilines is 1. The van der Waals surface area contributed by atoms with E-state index in [9.17, 15) is 4.39 Å². The lowest BCUT2D eigenvalue weighted by atomic mass is 9.80. The van der Waals surface area contributed by atoms with Crippen molar-refractivity contribution in [3.05, 3.63) is 30.1 Å². The molecule has 1 fully saturated rings. The minimum atomic E-state index is -0.298. The molecule has 0 atom stereocenters. The summed E-state index contributed by atoms with van der Waals surface area (Å²) >= 11 is 5.32. The van der Waals surface area contributed by atoms with Crippen molar-refractivity contribution in [3.63, 3.8) is 0 Å². The quantitative estimate of drug-likeness (QED) is 0.732. The van der Waals surface area contributed by atoms with Gasteiger partial charge in [-0.3, -0.25) is 0 Å². The van der Waals surface area contributed by atoms with E-state index in [-0.39, 0.29) is 22.9 Å². The summed E-state index contributed by atoms with van der Waals surface area (Å²) in [5, 5.41) is 10.4. The fraction of sp³-hybridized carbons (Fsp3) is 0.562. The summed E-state index contributed by atoms with van der Waals surface area (Å²) in [5.41, 5.74) is 0.502. The summed E-state index contributed by atoms with van der Waals surface area (Å²) in [7, 11) is 0. The number of hydrogen-bond acceptors (Lipinski definition) is 2. The van der Waals surface area contributed by atoms with Crippen molar-refractivity contribution in [3.8, 4) is 0 Å². The lowest BCUT2D eigenvalue weighted by Crippen LogP contribution is -2.62. The Morgan fingerprint density at radius 1 is 1.19 bits per heavy atom. The Balaban J connectivity index is 1.98. The van der Waals surface area contributed by atoms with Crippen LogP contribution >= 0.6 is 12.2 Å². The molecule has 3 nitrogen and oxygen atoms in total. The highest BCUT2D eigenvalue weighted by Crippen LogP contribution is 2.28. The number of rotatable bonds is 2. The van der Waals surface area contributed by atoms with Crippen molar-refractivity contribution in [1.82, 2.24) is 10.6 Å². The Morgan fingerprint density at radius 3 is 2.33 bits per heavy atom. The van der Waals surface area contributed by atoms with Gasteiger partial charge in [-0.25, -0.2) is 4.39 Å². The van der Waals surface area contributed by atoms with Crippen LogP contribution < -0.4 is 16.0 Å². The molecule has 0 aliphatic carbocycles. The van der Waals surface area contributed by atoms with E-state index in [1.807, 2.05) is 0 Å². The number of para-hydroxylation sites is 1. The van der Waals surface area contributed by atoms with Gasteiger partial charge in [-0.05, 0) is 64.9 Å². The van der Waals surface area contributed by atoms with Gasteiger partial charge in [-0.15, -0.1) is 0 Å². The molecule has 2 rings (SSSR count). The van der Waals surface area contributed by atoms with Crippen LogP contribution in [0.4, 0.5) is 10.1 Å². The topological polar surface area (TPSA) is 36.1 Å². The zero-order valence-electron chi connectivity index (χ0n) is 13.1. The third kappa shape index (κ3) is 4.64. The van der Waals surface area contributed by atoms with Crippen LogP contribution in [0.2, 0.25) is 0 Å². The highest BCUT2D eigenvalue weighted by Gasteiger charge is 2.37. The number of thiocarbonyl (C=S) groups is 1. The predicted molar refractivity (Wildman–Crippen MR) is 90.1 cm³/mol. The molecule has 3 N–H and O–H groups in total. The van der Waals surface area contributed by atoms with Gasteiger partial charge in [0.1, 0.15) is 5.82 Å². The molecule has 21 heavy (non-hydrogen) atoms. The Morgan fingerprint density at radius 2 is 1.76 bits per heavy atom. The van der Waals surface area contributed by atoms with Crippen LogP contribution in [0.15, 0.2) is 24.3 Å². The molecule has 1 saturated heterocycles. The maximum absolute atomic E-state index is 13.6. The predicted octanol–water partition coefficient (Wildman–Crippen LogP) is 3.42. The monoisotopic (exact) mass is 309 g/mol. The van der Waals surface area contributed by atoms with E-state index in [0.717, 1.165) is 12.8 Å². The second-order valence-corrected chi connectivity index (χ2v) is 7.48. The fourth-order valence-electron chi connectivity index (χ4n) is 3.33. The molecular weight excluding hydrogens is 285 g/mol. The average Bonchev–Trinajstić information content (AvgIpc) is 2.27. The van der Waals surface area contributed by atoms with E-state index in [1.165, 1.54) is 6.07 Å². The number of nitrogens with one attached hydrogen (secondary N) is 3. The van der Waals surface area contributed by atoms with Crippen LogP contribution in [0.5, 0.6) is 0 Å². The summed E-state index contributed by atoms with van der Waals surface area (Å²) in [5.74, 6) is -0.298. The summed E-state index contributed by atoms with van der Waals surface area (Å²) in [6.07, 6.45) is 1.94. The maximum atomic E-state index is 13.6. The second kappa shape index (κ2) is 5.89. The molecule has 1 aliphatic rings. The highest BCUT2D eigenvalue weighted by atomic mass is 32.1. The number of piperidine rings is 1. The summed E-state index contributed by atoms with van der Waals surface area (Å²) < 4.78 is 13.6. The molecule has 0 saturated carbocycles. The van der Waals surface area contributed by atoms with Gasteiger partial charge in [0.15, 0.2) is 5.11 Å². The molecule has 1 aromatic rings. The highest BCUT2D eigenvalue weighted by molar-refractivity contribution is 7.80. The smallest absolute Gasteiger partial charge is 0.171 e. The van der Waals surface area contributed by atoms with Crippen molar-refractivity contribution >= 4 is 23.0 Å². The molecule has 0 radical (unpaired) electrons. The molecule has 116 valence electrons. The molecule has 1 aromatic carbocycles. The van der Waals surface area contributed by atoms with Gasteiger partial charge in [0.25, 0.3) is 0 Å². The van der Waals surface area contributed by atoms with Crippen LogP contribution in [0.1, 0.15) is 40.5 Å². The third-order valence-corrected chi connectivity index (χ3v) is 3.87. The zero-order chi connectivity index (χ0) is 15.7. The Labute approximate surface area is 131 Å². The first-order chi connectivity index (χ1) is 9.67. The number of hydrogen-bond donors (Lipinski definition) is 3. The van der Waals surface area contributed by atoms with Crippen LogP contribution in [-0.2, 0) is 0 Å². The summed E-state index contributed by atoms with van der Waals surface area (Å²) in [6, 6.07) is 6.81. The van der Waals surface area contributed by atoms with Crippen molar-refractivity contribution in [2.75, 3.05) is 5.32 Å². The third-order valence-electron chi connectivity index (χ3n) is 3.65. The Hall–Kier alpha value is -1.20. The van der Waals surface area contributed by atoms with Gasteiger partial charge in [0, 0.05) is 17.1 Å². The van der Waals surface area contributed by atoms with Crippen LogP contribution in [0.3, 0.4) is 0 Å². The van der Waals surface area contributed by atoms with Crippen LogP contribution in [-0.4, -0.2) is 22.2 Å². The van der Waals surface area contributed by atoms with E-state index in [4.69, 9.17) is 12.2 Å². The van der Waals surface area contributed by atoms with Crippen molar-refractivity contribution in [1.29, 1.82) is 0 Å². The average molecular weight is 309 g/mol. The number of benzene rings is 1. The minimum Gasteiger partial charge on any atom is -0.360 e. The van der Waals surface area contributed by atoms with E-state index >= 15 is 0 Å². The Kier molecular flexibility index (Phi) is 4.54. The first kappa shape index (κ1) is 16.2. The van der Waals surface area contributed by atoms with Gasteiger partial charge < -0.3 is 16.0 Å². The molecule has 5 heteroatoms. The number of halogens is 1. The van der Waals surface area contributed by atoms with E-state index in [0.29, 0.717) is 10.8 Å². The normalized spacial score (nSPS) is 20.8. The SMILES string of the molecule is CC1(C)CC(NC(=S)Nc2ccccc2F)CC(C)(C)N1. The molecule has 0 spiro atoms. The van der Waals surface area contributed by atoms with Gasteiger partial charge in [-0.1, -0.05) is 12.1 Å². The van der Waals surface area contributed by atoms with E-state index < -0.39 is 0 Å². The van der Waals surface area contributed by atoms with Crippen molar-refractivity contribution in [2.45, 2.75) is 57.7 Å². The Bertz CT molecular complexity index is 512. The molecular formula is C16H24FN3S. The lowest BCUT2D eigenvalue weighted by molar-refractivity contribution is 0.156. The summed E-state index contributed by atoms with van der Waals surface area (Å²) in [6.45, 7) is 8.76. The molecule has 0 unspecified atom stereocenters. The molecule has 1 aliphatic heterocycles. The van der Waals surface area contributed by atoms with Crippen LogP contribution in [0.25, 0.3) is 0 Å². The maximum Gasteiger partial charge on any atom is 0.171 e. The van der Waals surface area contributed by atoms with Gasteiger partial charge in [-0.2, -0.15) is 0 Å². The minimum absolute atomic E-state index is 0.0486. The van der Waals surface area contributed by atoms with Crippen LogP contribution in [0, 0.1) is 5.82 Å². The first-order valence-corrected chi connectivity index (χ1v) is 7.69. The molecule has 1 heterocycles. The fourth-order valence-corrected chi connectivity index (χ4v) is 3.61. The molecule has 0 amide bonds. The standard InChI is InChI=1S/C16H24FN3S/c1-15(2)9-11(10-16(3,4)20-15)18-14(21)19-13-8-6-5-7-12(13)17/h5-8,11,20H,9-10H2,1-4H3,(H2,18,19,21). The van der Waals surface area contributed by atoms with Gasteiger partial charge in [0.05, 0.1) is 5.69 Å². The van der Waals surface area contributed by atoms with E-state index in [1.54, 1.807) is 18.2 Å². The lowest BCUT2D eigenvalue weighted by Gasteiger charge is -2.46. The van der Waals surface area contributed by atoms with Gasteiger partial charge >= 0.3 is 0 Å².